The molecular weight excluding hydrogens is 362 g/mol. The number of ether oxygens (including phenoxy) is 2. The smallest absolute Gasteiger partial charge is 0.254 e. The minimum atomic E-state index is 0.00231. The second-order valence-corrected chi connectivity index (χ2v) is 7.26. The topological polar surface area (TPSA) is 38.8 Å². The number of hydrogen-bond acceptors (Lipinski definition) is 3. The highest BCUT2D eigenvalue weighted by atomic mass is 35.5. The Morgan fingerprint density at radius 3 is 2.56 bits per heavy atom. The number of nitrogens with zero attached hydrogens (tertiary/aromatic N) is 1. The van der Waals surface area contributed by atoms with Crippen molar-refractivity contribution in [3.8, 4) is 5.75 Å². The number of hydrogen-bond donors (Lipinski definition) is 0. The Labute approximate surface area is 166 Å². The lowest BCUT2D eigenvalue weighted by Gasteiger charge is -2.26. The molecule has 27 heavy (non-hydrogen) atoms. The van der Waals surface area contributed by atoms with Crippen LogP contribution in [-0.2, 0) is 11.3 Å². The van der Waals surface area contributed by atoms with Crippen molar-refractivity contribution in [2.75, 3.05) is 19.8 Å². The third-order valence-electron chi connectivity index (χ3n) is 4.60. The fraction of sp³-hybridized carbons (Fsp3) is 0.409. The maximum atomic E-state index is 13.1. The maximum absolute atomic E-state index is 13.1. The summed E-state index contributed by atoms with van der Waals surface area (Å²) in [7, 11) is 0. The van der Waals surface area contributed by atoms with Gasteiger partial charge < -0.3 is 14.4 Å². The van der Waals surface area contributed by atoms with Crippen molar-refractivity contribution in [1.82, 2.24) is 4.90 Å². The number of amides is 1. The fourth-order valence-corrected chi connectivity index (χ4v) is 3.29. The minimum absolute atomic E-state index is 0.00231. The fourth-order valence-electron chi connectivity index (χ4n) is 3.16. The molecule has 1 fully saturated rings. The van der Waals surface area contributed by atoms with E-state index in [4.69, 9.17) is 21.1 Å². The first-order valence-electron chi connectivity index (χ1n) is 9.54. The van der Waals surface area contributed by atoms with Gasteiger partial charge in [-0.2, -0.15) is 0 Å². The van der Waals surface area contributed by atoms with Gasteiger partial charge in [-0.1, -0.05) is 30.7 Å². The van der Waals surface area contributed by atoms with E-state index in [0.717, 1.165) is 37.2 Å². The first-order valence-corrected chi connectivity index (χ1v) is 9.91. The van der Waals surface area contributed by atoms with E-state index < -0.39 is 0 Å². The molecule has 0 spiro atoms. The van der Waals surface area contributed by atoms with E-state index in [1.165, 1.54) is 0 Å². The molecule has 1 aliphatic rings. The summed E-state index contributed by atoms with van der Waals surface area (Å²) in [6.07, 6.45) is 3.11. The quantitative estimate of drug-likeness (QED) is 0.643. The average Bonchev–Trinajstić information content (AvgIpc) is 3.20. The van der Waals surface area contributed by atoms with Crippen LogP contribution in [0.4, 0.5) is 0 Å². The van der Waals surface area contributed by atoms with Crippen molar-refractivity contribution in [2.45, 2.75) is 38.8 Å². The molecule has 4 nitrogen and oxygen atoms in total. The first-order chi connectivity index (χ1) is 13.2. The van der Waals surface area contributed by atoms with Crippen LogP contribution in [0.25, 0.3) is 0 Å². The summed E-state index contributed by atoms with van der Waals surface area (Å²) in [5, 5.41) is 0.693. The third-order valence-corrected chi connectivity index (χ3v) is 4.85. The Hall–Kier alpha value is -2.04. The largest absolute Gasteiger partial charge is 0.494 e. The lowest BCUT2D eigenvalue weighted by atomic mass is 10.1. The molecule has 5 heteroatoms. The predicted molar refractivity (Wildman–Crippen MR) is 107 cm³/mol. The van der Waals surface area contributed by atoms with Gasteiger partial charge in [0, 0.05) is 30.3 Å². The molecule has 0 aliphatic carbocycles. The summed E-state index contributed by atoms with van der Waals surface area (Å²) < 4.78 is 11.4. The van der Waals surface area contributed by atoms with Gasteiger partial charge >= 0.3 is 0 Å². The van der Waals surface area contributed by atoms with Gasteiger partial charge in [-0.15, -0.1) is 0 Å². The highest BCUT2D eigenvalue weighted by molar-refractivity contribution is 6.30. The molecule has 0 unspecified atom stereocenters. The van der Waals surface area contributed by atoms with Crippen LogP contribution >= 0.6 is 11.6 Å². The molecule has 0 aromatic heterocycles. The molecule has 1 amide bonds. The zero-order valence-electron chi connectivity index (χ0n) is 15.7. The highest BCUT2D eigenvalue weighted by Gasteiger charge is 2.23. The number of benzene rings is 2. The van der Waals surface area contributed by atoms with Crippen LogP contribution in [0, 0.1) is 0 Å². The number of halogens is 1. The predicted octanol–water partition coefficient (Wildman–Crippen LogP) is 4.95. The molecule has 1 saturated heterocycles. The maximum Gasteiger partial charge on any atom is 0.254 e. The van der Waals surface area contributed by atoms with E-state index in [0.29, 0.717) is 30.3 Å². The van der Waals surface area contributed by atoms with Crippen molar-refractivity contribution < 1.29 is 14.3 Å². The highest BCUT2D eigenvalue weighted by Crippen LogP contribution is 2.20. The Bertz CT molecular complexity index is 724. The third kappa shape index (κ3) is 5.72. The molecule has 3 rings (SSSR count). The number of rotatable bonds is 8. The lowest BCUT2D eigenvalue weighted by Crippen LogP contribution is -2.36. The Kier molecular flexibility index (Phi) is 7.13. The standard InChI is InChI=1S/C22H26ClNO3/c1-2-13-26-20-11-7-18(8-12-20)22(25)24(16-21-4-3-14-27-21)15-17-5-9-19(23)10-6-17/h5-12,21H,2-4,13-16H2,1H3/t21-/m0/s1. The molecule has 1 heterocycles. The summed E-state index contributed by atoms with van der Waals surface area (Å²) in [5.74, 6) is 0.791. The van der Waals surface area contributed by atoms with E-state index in [1.54, 1.807) is 0 Å². The molecule has 0 radical (unpaired) electrons. The van der Waals surface area contributed by atoms with Gasteiger partial charge in [0.1, 0.15) is 5.75 Å². The van der Waals surface area contributed by atoms with E-state index in [-0.39, 0.29) is 12.0 Å². The molecule has 2 aromatic carbocycles. The second-order valence-electron chi connectivity index (χ2n) is 6.82. The molecule has 2 aromatic rings. The summed E-state index contributed by atoms with van der Waals surface area (Å²) in [4.78, 5) is 15.0. The molecule has 144 valence electrons. The summed E-state index contributed by atoms with van der Waals surface area (Å²) >= 11 is 5.98. The van der Waals surface area contributed by atoms with Gasteiger partial charge in [-0.05, 0) is 61.2 Å². The second kappa shape index (κ2) is 9.77. The van der Waals surface area contributed by atoms with E-state index in [1.807, 2.05) is 53.4 Å². The Balaban J connectivity index is 1.73. The molecular formula is C22H26ClNO3. The Morgan fingerprint density at radius 1 is 1.19 bits per heavy atom. The van der Waals surface area contributed by atoms with Crippen molar-refractivity contribution in [2.24, 2.45) is 0 Å². The normalized spacial score (nSPS) is 16.3. The SMILES string of the molecule is CCCOc1ccc(C(=O)N(Cc2ccc(Cl)cc2)C[C@@H]2CCCO2)cc1. The minimum Gasteiger partial charge on any atom is -0.494 e. The van der Waals surface area contributed by atoms with Gasteiger partial charge in [0.05, 0.1) is 12.7 Å². The lowest BCUT2D eigenvalue weighted by molar-refractivity contribution is 0.0507. The van der Waals surface area contributed by atoms with Crippen molar-refractivity contribution in [3.63, 3.8) is 0 Å². The van der Waals surface area contributed by atoms with Crippen molar-refractivity contribution in [3.05, 3.63) is 64.7 Å². The molecule has 0 N–H and O–H groups in total. The number of carbonyl (C=O) groups excluding carboxylic acids is 1. The van der Waals surface area contributed by atoms with E-state index in [2.05, 4.69) is 6.92 Å². The Morgan fingerprint density at radius 2 is 1.93 bits per heavy atom. The van der Waals surface area contributed by atoms with Gasteiger partial charge in [0.15, 0.2) is 0 Å². The molecule has 0 saturated carbocycles. The van der Waals surface area contributed by atoms with Gasteiger partial charge in [-0.3, -0.25) is 4.79 Å². The van der Waals surface area contributed by atoms with Crippen LogP contribution in [0.1, 0.15) is 42.1 Å². The van der Waals surface area contributed by atoms with Crippen LogP contribution in [0.3, 0.4) is 0 Å². The zero-order valence-corrected chi connectivity index (χ0v) is 16.5. The van der Waals surface area contributed by atoms with Gasteiger partial charge in [-0.25, -0.2) is 0 Å². The number of carbonyl (C=O) groups is 1. The van der Waals surface area contributed by atoms with Crippen molar-refractivity contribution in [1.29, 1.82) is 0 Å². The molecule has 1 aliphatic heterocycles. The van der Waals surface area contributed by atoms with Gasteiger partial charge in [0.2, 0.25) is 0 Å². The van der Waals surface area contributed by atoms with Crippen molar-refractivity contribution >= 4 is 17.5 Å². The molecule has 1 atom stereocenters. The summed E-state index contributed by atoms with van der Waals surface area (Å²) in [6, 6.07) is 15.0. The first kappa shape index (κ1) is 19.7. The summed E-state index contributed by atoms with van der Waals surface area (Å²) in [6.45, 7) is 4.64. The van der Waals surface area contributed by atoms with Crippen LogP contribution in [0.5, 0.6) is 5.75 Å². The molecule has 0 bridgehead atoms. The van der Waals surface area contributed by atoms with Gasteiger partial charge in [0.25, 0.3) is 5.91 Å². The van der Waals surface area contributed by atoms with E-state index >= 15 is 0 Å². The van der Waals surface area contributed by atoms with Crippen LogP contribution in [0.15, 0.2) is 48.5 Å². The summed E-state index contributed by atoms with van der Waals surface area (Å²) in [5.41, 5.74) is 1.71. The monoisotopic (exact) mass is 387 g/mol. The average molecular weight is 388 g/mol. The van der Waals surface area contributed by atoms with Crippen LogP contribution in [0.2, 0.25) is 5.02 Å². The zero-order chi connectivity index (χ0) is 19.1. The van der Waals surface area contributed by atoms with Crippen LogP contribution in [-0.4, -0.2) is 36.7 Å². The van der Waals surface area contributed by atoms with Crippen LogP contribution < -0.4 is 4.74 Å². The van der Waals surface area contributed by atoms with E-state index in [9.17, 15) is 4.79 Å².